The van der Waals surface area contributed by atoms with Crippen LogP contribution in [0.2, 0.25) is 0 Å². The summed E-state index contributed by atoms with van der Waals surface area (Å²) in [5, 5.41) is 9.68. The zero-order valence-electron chi connectivity index (χ0n) is 16.1. The van der Waals surface area contributed by atoms with Crippen LogP contribution in [0.5, 0.6) is 0 Å². The summed E-state index contributed by atoms with van der Waals surface area (Å²) in [4.78, 5) is 6.54. The minimum atomic E-state index is -0.375. The third kappa shape index (κ3) is 10.2. The van der Waals surface area contributed by atoms with E-state index in [1.807, 2.05) is 13.1 Å². The van der Waals surface area contributed by atoms with Crippen LogP contribution >= 0.6 is 0 Å². The number of allylic oxidation sites excluding steroid dienone is 2. The maximum absolute atomic E-state index is 9.68. The Morgan fingerprint density at radius 2 is 1.58 bits per heavy atom. The lowest BCUT2D eigenvalue weighted by molar-refractivity contribution is 0.00710. The number of aliphatic hydroxyl groups is 1. The molecule has 3 heteroatoms. The van der Waals surface area contributed by atoms with Gasteiger partial charge in [-0.25, -0.2) is 0 Å². The molecule has 140 valence electrons. The Hall–Kier alpha value is -0.670. The third-order valence-corrected chi connectivity index (χ3v) is 4.92. The molecule has 3 nitrogen and oxygen atoms in total. The molecule has 0 saturated heterocycles. The summed E-state index contributed by atoms with van der Waals surface area (Å²) in [6.07, 6.45) is 23.6. The van der Waals surface area contributed by atoms with Crippen molar-refractivity contribution in [1.29, 1.82) is 0 Å². The first-order valence-electron chi connectivity index (χ1n) is 10.4. The molecule has 0 bridgehead atoms. The molecule has 0 spiro atoms. The minimum absolute atomic E-state index is 0.220. The highest BCUT2D eigenvalue weighted by molar-refractivity contribution is 5.62. The van der Waals surface area contributed by atoms with Crippen LogP contribution in [-0.4, -0.2) is 35.2 Å². The monoisotopic (exact) mass is 336 g/mol. The van der Waals surface area contributed by atoms with Gasteiger partial charge in [-0.2, -0.15) is 0 Å². The summed E-state index contributed by atoms with van der Waals surface area (Å²) >= 11 is 0. The molecular weight excluding hydrogens is 296 g/mol. The van der Waals surface area contributed by atoms with E-state index in [2.05, 4.69) is 29.0 Å². The van der Waals surface area contributed by atoms with Crippen LogP contribution in [-0.2, 0) is 0 Å². The molecule has 0 fully saturated rings. The van der Waals surface area contributed by atoms with Gasteiger partial charge in [0.05, 0.1) is 0 Å². The molecule has 0 aromatic rings. The second-order valence-electron chi connectivity index (χ2n) is 7.13. The normalized spacial score (nSPS) is 19.5. The van der Waals surface area contributed by atoms with Crippen molar-refractivity contribution >= 4 is 6.21 Å². The molecule has 1 heterocycles. The van der Waals surface area contributed by atoms with Crippen molar-refractivity contribution in [3.63, 3.8) is 0 Å². The van der Waals surface area contributed by atoms with Crippen molar-refractivity contribution in [1.82, 2.24) is 4.90 Å². The molecule has 0 amide bonds. The molecular formula is C21H40N2O. The van der Waals surface area contributed by atoms with Crippen molar-refractivity contribution in [2.45, 2.75) is 110 Å². The van der Waals surface area contributed by atoms with Crippen LogP contribution in [0.15, 0.2) is 17.1 Å². The summed E-state index contributed by atoms with van der Waals surface area (Å²) in [5.74, 6) is 0. The predicted molar refractivity (Wildman–Crippen MR) is 106 cm³/mol. The number of hydrogen-bond acceptors (Lipinski definition) is 3. The van der Waals surface area contributed by atoms with Crippen molar-refractivity contribution < 1.29 is 5.11 Å². The fourth-order valence-corrected chi connectivity index (χ4v) is 3.40. The predicted octanol–water partition coefficient (Wildman–Crippen LogP) is 5.68. The number of nitrogens with zero attached hydrogens (tertiary/aromatic N) is 2. The molecule has 0 aromatic carbocycles. The van der Waals surface area contributed by atoms with Crippen molar-refractivity contribution in [3.05, 3.63) is 12.2 Å². The maximum Gasteiger partial charge on any atom is 0.106 e. The van der Waals surface area contributed by atoms with E-state index in [1.165, 1.54) is 77.0 Å². The van der Waals surface area contributed by atoms with Gasteiger partial charge in [0.25, 0.3) is 0 Å². The molecule has 0 radical (unpaired) electrons. The Morgan fingerprint density at radius 1 is 1.00 bits per heavy atom. The number of rotatable bonds is 15. The Balaban J connectivity index is 1.81. The van der Waals surface area contributed by atoms with E-state index < -0.39 is 0 Å². The topological polar surface area (TPSA) is 35.8 Å². The van der Waals surface area contributed by atoms with Gasteiger partial charge >= 0.3 is 0 Å². The van der Waals surface area contributed by atoms with Crippen molar-refractivity contribution in [2.75, 3.05) is 6.54 Å². The van der Waals surface area contributed by atoms with Gasteiger partial charge in [0, 0.05) is 12.8 Å². The van der Waals surface area contributed by atoms with E-state index in [4.69, 9.17) is 0 Å². The molecule has 1 rings (SSSR count). The highest BCUT2D eigenvalue weighted by Gasteiger charge is 2.23. The van der Waals surface area contributed by atoms with E-state index in [9.17, 15) is 5.11 Å². The Labute approximate surface area is 150 Å². The van der Waals surface area contributed by atoms with E-state index in [1.54, 1.807) is 0 Å². The molecule has 1 aliphatic heterocycles. The van der Waals surface area contributed by atoms with E-state index in [0.717, 1.165) is 13.0 Å². The zero-order valence-corrected chi connectivity index (χ0v) is 16.1. The van der Waals surface area contributed by atoms with Gasteiger partial charge in [-0.1, -0.05) is 70.4 Å². The fraction of sp³-hybridized carbons (Fsp3) is 0.857. The van der Waals surface area contributed by atoms with Crippen LogP contribution in [0.3, 0.4) is 0 Å². The summed E-state index contributed by atoms with van der Waals surface area (Å²) in [5.41, 5.74) is 0. The summed E-state index contributed by atoms with van der Waals surface area (Å²) in [7, 11) is 0. The highest BCUT2D eigenvalue weighted by Crippen LogP contribution is 2.18. The first-order valence-corrected chi connectivity index (χ1v) is 10.4. The lowest BCUT2D eigenvalue weighted by atomic mass is 10.0. The van der Waals surface area contributed by atoms with Crippen LogP contribution in [0.25, 0.3) is 0 Å². The third-order valence-electron chi connectivity index (χ3n) is 4.92. The summed E-state index contributed by atoms with van der Waals surface area (Å²) < 4.78 is 0. The van der Waals surface area contributed by atoms with Gasteiger partial charge in [0.1, 0.15) is 12.4 Å². The SMILES string of the molecule is CC/C=C/CCCCCCCCCCCCC1N=CCN1C(C)O. The molecule has 0 aromatic heterocycles. The quantitative estimate of drug-likeness (QED) is 0.308. The van der Waals surface area contributed by atoms with Gasteiger partial charge < -0.3 is 5.11 Å². The second-order valence-corrected chi connectivity index (χ2v) is 7.13. The van der Waals surface area contributed by atoms with Gasteiger partial charge in [0.2, 0.25) is 0 Å². The lowest BCUT2D eigenvalue weighted by Gasteiger charge is -2.25. The smallest absolute Gasteiger partial charge is 0.106 e. The number of aliphatic imine (C=N–C) groups is 1. The first kappa shape index (κ1) is 21.4. The lowest BCUT2D eigenvalue weighted by Crippen LogP contribution is -2.37. The second kappa shape index (κ2) is 14.7. The van der Waals surface area contributed by atoms with Gasteiger partial charge in [-0.05, 0) is 39.0 Å². The molecule has 2 atom stereocenters. The van der Waals surface area contributed by atoms with E-state index in [-0.39, 0.29) is 12.4 Å². The van der Waals surface area contributed by atoms with Crippen LogP contribution in [0, 0.1) is 0 Å². The largest absolute Gasteiger partial charge is 0.379 e. The molecule has 1 N–H and O–H groups in total. The summed E-state index contributed by atoms with van der Waals surface area (Å²) in [6.45, 7) is 4.84. The van der Waals surface area contributed by atoms with Gasteiger partial charge in [-0.3, -0.25) is 9.89 Å². The molecule has 0 saturated carbocycles. The molecule has 2 unspecified atom stereocenters. The van der Waals surface area contributed by atoms with Crippen molar-refractivity contribution in [3.8, 4) is 0 Å². The number of hydrogen-bond donors (Lipinski definition) is 1. The maximum atomic E-state index is 9.68. The van der Waals surface area contributed by atoms with E-state index >= 15 is 0 Å². The molecule has 0 aliphatic carbocycles. The van der Waals surface area contributed by atoms with Gasteiger partial charge in [-0.15, -0.1) is 0 Å². The zero-order chi connectivity index (χ0) is 17.5. The van der Waals surface area contributed by atoms with Crippen LogP contribution < -0.4 is 0 Å². The molecule has 1 aliphatic rings. The Bertz CT molecular complexity index is 339. The number of unbranched alkanes of at least 4 members (excludes halogenated alkanes) is 10. The minimum Gasteiger partial charge on any atom is -0.379 e. The average molecular weight is 337 g/mol. The van der Waals surface area contributed by atoms with Crippen LogP contribution in [0.1, 0.15) is 97.3 Å². The highest BCUT2D eigenvalue weighted by atomic mass is 16.3. The summed E-state index contributed by atoms with van der Waals surface area (Å²) in [6, 6.07) is 0. The first-order chi connectivity index (χ1) is 11.8. The van der Waals surface area contributed by atoms with Gasteiger partial charge in [0.15, 0.2) is 0 Å². The average Bonchev–Trinajstić information content (AvgIpc) is 3.04. The van der Waals surface area contributed by atoms with Crippen LogP contribution in [0.4, 0.5) is 0 Å². The number of aliphatic hydroxyl groups excluding tert-OH is 1. The molecule has 24 heavy (non-hydrogen) atoms. The Kier molecular flexibility index (Phi) is 13.1. The standard InChI is InChI=1S/C21H40N2O/c1-3-4-5-6-7-8-9-10-11-12-13-14-15-16-17-21-22-18-19-23(21)20(2)24/h4-5,18,20-21,24H,3,6-17,19H2,1-2H3/b5-4+. The fourth-order valence-electron chi connectivity index (χ4n) is 3.40. The Morgan fingerprint density at radius 3 is 2.17 bits per heavy atom. The van der Waals surface area contributed by atoms with Crippen molar-refractivity contribution in [2.24, 2.45) is 4.99 Å². The van der Waals surface area contributed by atoms with E-state index in [0.29, 0.717) is 0 Å².